The first-order valence-electron chi connectivity index (χ1n) is 7.55. The van der Waals surface area contributed by atoms with E-state index in [2.05, 4.69) is 19.6 Å². The second kappa shape index (κ2) is 5.89. The summed E-state index contributed by atoms with van der Waals surface area (Å²) in [5.41, 5.74) is 0.248. The fraction of sp³-hybridized carbons (Fsp3) is 0.800. The van der Waals surface area contributed by atoms with E-state index in [1.807, 2.05) is 34.6 Å². The Labute approximate surface area is 130 Å². The molecular weight excluding hydrogens is 283 g/mol. The van der Waals surface area contributed by atoms with Crippen molar-refractivity contribution in [2.45, 2.75) is 77.9 Å². The zero-order chi connectivity index (χ0) is 16.6. The lowest BCUT2D eigenvalue weighted by Gasteiger charge is -2.32. The molecule has 1 fully saturated rings. The van der Waals surface area contributed by atoms with Crippen LogP contribution in [0.1, 0.15) is 41.0 Å². The first kappa shape index (κ1) is 18.5. The normalized spacial score (nSPS) is 22.2. The quantitative estimate of drug-likeness (QED) is 0.620. The number of allylic oxidation sites excluding steroid dienone is 1. The van der Waals surface area contributed by atoms with Gasteiger partial charge in [0, 0.05) is 13.6 Å². The van der Waals surface area contributed by atoms with Crippen molar-refractivity contribution in [2.24, 2.45) is 0 Å². The minimum atomic E-state index is -1.29. The Balaban J connectivity index is 3.00. The van der Waals surface area contributed by atoms with Crippen molar-refractivity contribution < 1.29 is 19.2 Å². The molecule has 0 amide bonds. The van der Waals surface area contributed by atoms with Gasteiger partial charge in [0.25, 0.3) is 0 Å². The van der Waals surface area contributed by atoms with Crippen molar-refractivity contribution >= 4 is 21.2 Å². The van der Waals surface area contributed by atoms with Gasteiger partial charge in [-0.15, -0.1) is 0 Å². The molecule has 0 spiro atoms. The average molecular weight is 312 g/mol. The van der Waals surface area contributed by atoms with Crippen molar-refractivity contribution in [1.82, 2.24) is 0 Å². The molecule has 0 aromatic heterocycles. The molecule has 0 saturated carbocycles. The Bertz CT molecular complexity index is 433. The van der Waals surface area contributed by atoms with Gasteiger partial charge < -0.3 is 14.4 Å². The molecule has 0 aromatic carbocycles. The van der Waals surface area contributed by atoms with Gasteiger partial charge in [0.2, 0.25) is 0 Å². The van der Waals surface area contributed by atoms with Gasteiger partial charge in [0.05, 0.1) is 11.2 Å². The number of carbonyl (C=O) groups is 1. The van der Waals surface area contributed by atoms with E-state index in [0.717, 1.165) is 6.04 Å². The maximum absolute atomic E-state index is 11.6. The Morgan fingerprint density at radius 2 is 1.52 bits per heavy atom. The van der Waals surface area contributed by atoms with E-state index >= 15 is 0 Å². The van der Waals surface area contributed by atoms with Gasteiger partial charge in [-0.05, 0) is 46.5 Å². The lowest BCUT2D eigenvalue weighted by Crippen LogP contribution is -2.41. The summed E-state index contributed by atoms with van der Waals surface area (Å²) in [6.07, 6.45) is 0.584. The highest BCUT2D eigenvalue weighted by atomic mass is 28.3. The molecular formula is C15H29BO4Si. The van der Waals surface area contributed by atoms with E-state index in [1.165, 1.54) is 0 Å². The summed E-state index contributed by atoms with van der Waals surface area (Å²) in [4.78, 5) is 11.6. The SMILES string of the molecule is CC(B1OC(C)(C)C(C)(C)O1)=C(CC[Si](C)(C)C)C(=O)O. The van der Waals surface area contributed by atoms with Crippen LogP contribution >= 0.6 is 0 Å². The van der Waals surface area contributed by atoms with Gasteiger partial charge in [-0.1, -0.05) is 25.7 Å². The molecule has 1 N–H and O–H groups in total. The van der Waals surface area contributed by atoms with Crippen LogP contribution in [0, 0.1) is 0 Å². The summed E-state index contributed by atoms with van der Waals surface area (Å²) in [6, 6.07) is 0.950. The molecule has 0 bridgehead atoms. The maximum atomic E-state index is 11.6. The summed E-state index contributed by atoms with van der Waals surface area (Å²) in [6.45, 7) is 16.5. The minimum absolute atomic E-state index is 0.441. The van der Waals surface area contributed by atoms with Crippen LogP contribution in [0.25, 0.3) is 0 Å². The molecule has 1 aliphatic rings. The highest BCUT2D eigenvalue weighted by Crippen LogP contribution is 2.39. The fourth-order valence-electron chi connectivity index (χ4n) is 2.13. The summed E-state index contributed by atoms with van der Waals surface area (Å²) >= 11 is 0. The molecule has 1 aliphatic heterocycles. The van der Waals surface area contributed by atoms with E-state index in [9.17, 15) is 9.90 Å². The van der Waals surface area contributed by atoms with E-state index in [-0.39, 0.29) is 0 Å². The van der Waals surface area contributed by atoms with Crippen LogP contribution in [-0.4, -0.2) is 37.5 Å². The number of carboxylic acids is 1. The topological polar surface area (TPSA) is 55.8 Å². The lowest BCUT2D eigenvalue weighted by atomic mass is 9.75. The highest BCUT2D eigenvalue weighted by Gasteiger charge is 2.52. The molecule has 120 valence electrons. The van der Waals surface area contributed by atoms with Gasteiger partial charge in [0.1, 0.15) is 0 Å². The summed E-state index contributed by atoms with van der Waals surface area (Å²) < 4.78 is 11.9. The highest BCUT2D eigenvalue weighted by molar-refractivity contribution is 6.76. The third-order valence-electron chi connectivity index (χ3n) is 4.47. The lowest BCUT2D eigenvalue weighted by molar-refractivity contribution is -0.132. The Hall–Kier alpha value is -0.588. The second-order valence-electron chi connectivity index (χ2n) is 8.12. The van der Waals surface area contributed by atoms with Crippen LogP contribution < -0.4 is 0 Å². The molecule has 0 atom stereocenters. The van der Waals surface area contributed by atoms with E-state index < -0.39 is 32.4 Å². The predicted octanol–water partition coefficient (Wildman–Crippen LogP) is 3.75. The standard InChI is InChI=1S/C15H29BO4Si/c1-11(12(13(17)18)9-10-21(6,7)8)16-19-14(2,3)15(4,5)20-16/h9-10H2,1-8H3,(H,17,18). The van der Waals surface area contributed by atoms with E-state index in [1.54, 1.807) is 0 Å². The molecule has 1 rings (SSSR count). The van der Waals surface area contributed by atoms with Crippen molar-refractivity contribution in [2.75, 3.05) is 0 Å². The minimum Gasteiger partial charge on any atom is -0.478 e. The molecule has 0 radical (unpaired) electrons. The van der Waals surface area contributed by atoms with Crippen LogP contribution in [0.2, 0.25) is 25.7 Å². The largest absolute Gasteiger partial charge is 0.490 e. The van der Waals surface area contributed by atoms with E-state index in [4.69, 9.17) is 9.31 Å². The zero-order valence-electron chi connectivity index (χ0n) is 14.7. The summed E-state index contributed by atoms with van der Waals surface area (Å²) in [5.74, 6) is -0.861. The third kappa shape index (κ3) is 4.44. The number of aliphatic carboxylic acids is 1. The molecule has 0 aromatic rings. The van der Waals surface area contributed by atoms with Crippen LogP contribution in [0.15, 0.2) is 11.0 Å². The van der Waals surface area contributed by atoms with Crippen LogP contribution in [-0.2, 0) is 14.1 Å². The number of carboxylic acid groups (broad SMARTS) is 1. The Kier molecular flexibility index (Phi) is 5.18. The Morgan fingerprint density at radius 1 is 1.10 bits per heavy atom. The van der Waals surface area contributed by atoms with Crippen molar-refractivity contribution in [3.8, 4) is 0 Å². The summed E-state index contributed by atoms with van der Waals surface area (Å²) in [5, 5.41) is 9.51. The predicted molar refractivity (Wildman–Crippen MR) is 89.2 cm³/mol. The van der Waals surface area contributed by atoms with Crippen LogP contribution in [0.5, 0.6) is 0 Å². The van der Waals surface area contributed by atoms with Crippen LogP contribution in [0.3, 0.4) is 0 Å². The van der Waals surface area contributed by atoms with Gasteiger partial charge in [-0.2, -0.15) is 0 Å². The third-order valence-corrected chi connectivity index (χ3v) is 6.22. The molecule has 1 saturated heterocycles. The average Bonchev–Trinajstić information content (AvgIpc) is 2.46. The van der Waals surface area contributed by atoms with Gasteiger partial charge in [-0.3, -0.25) is 0 Å². The summed E-state index contributed by atoms with van der Waals surface area (Å²) in [7, 11) is -1.85. The smallest absolute Gasteiger partial charge is 0.478 e. The van der Waals surface area contributed by atoms with Crippen LogP contribution in [0.4, 0.5) is 0 Å². The number of rotatable bonds is 5. The first-order chi connectivity index (χ1) is 9.27. The monoisotopic (exact) mass is 312 g/mol. The van der Waals surface area contributed by atoms with Crippen molar-refractivity contribution in [3.63, 3.8) is 0 Å². The molecule has 0 aliphatic carbocycles. The number of hydrogen-bond acceptors (Lipinski definition) is 3. The van der Waals surface area contributed by atoms with Crippen molar-refractivity contribution in [1.29, 1.82) is 0 Å². The Morgan fingerprint density at radius 3 is 1.86 bits per heavy atom. The zero-order valence-corrected chi connectivity index (χ0v) is 15.7. The van der Waals surface area contributed by atoms with Crippen molar-refractivity contribution in [3.05, 3.63) is 11.0 Å². The molecule has 21 heavy (non-hydrogen) atoms. The second-order valence-corrected chi connectivity index (χ2v) is 13.7. The number of hydrogen-bond donors (Lipinski definition) is 1. The molecule has 4 nitrogen and oxygen atoms in total. The molecule has 0 unspecified atom stereocenters. The first-order valence-corrected chi connectivity index (χ1v) is 11.3. The van der Waals surface area contributed by atoms with Gasteiger partial charge >= 0.3 is 13.1 Å². The molecule has 6 heteroatoms. The van der Waals surface area contributed by atoms with Gasteiger partial charge in [0.15, 0.2) is 0 Å². The maximum Gasteiger partial charge on any atom is 0.490 e. The fourth-order valence-corrected chi connectivity index (χ4v) is 3.13. The van der Waals surface area contributed by atoms with E-state index in [0.29, 0.717) is 17.5 Å². The van der Waals surface area contributed by atoms with Gasteiger partial charge in [-0.25, -0.2) is 4.79 Å². The molecule has 1 heterocycles.